The third-order valence-corrected chi connectivity index (χ3v) is 6.92. The SMILES string of the molecule is NC1=N[C@H]2[C@H](CO)NC(N)=[N+]3C[C@H](OC(=O)c4ccc(-c5ccccc5C(F)(F)F)cc4)C(O)(O)[C@]23N1. The number of ether oxygens (including phenoxy) is 1. The molecule has 0 aliphatic carbocycles. The van der Waals surface area contributed by atoms with Crippen LogP contribution in [0.25, 0.3) is 11.1 Å². The molecule has 3 aliphatic heterocycles. The number of aliphatic hydroxyl groups excluding tert-OH is 1. The summed E-state index contributed by atoms with van der Waals surface area (Å²) in [6.45, 7) is -0.719. The number of alkyl halides is 3. The summed E-state index contributed by atoms with van der Waals surface area (Å²) >= 11 is 0. The van der Waals surface area contributed by atoms with Crippen molar-refractivity contribution in [3.8, 4) is 11.1 Å². The molecule has 1 saturated heterocycles. The predicted molar refractivity (Wildman–Crippen MR) is 123 cm³/mol. The molecule has 2 aromatic carbocycles. The lowest BCUT2D eigenvalue weighted by molar-refractivity contribution is -0.623. The summed E-state index contributed by atoms with van der Waals surface area (Å²) in [5.74, 6) is -3.85. The number of rotatable bonds is 4. The zero-order valence-electron chi connectivity index (χ0n) is 19.1. The van der Waals surface area contributed by atoms with E-state index in [9.17, 15) is 33.3 Å². The first-order valence-corrected chi connectivity index (χ1v) is 11.2. The van der Waals surface area contributed by atoms with Gasteiger partial charge < -0.3 is 31.1 Å². The first-order valence-electron chi connectivity index (χ1n) is 11.2. The highest BCUT2D eigenvalue weighted by atomic mass is 19.4. The highest BCUT2D eigenvalue weighted by molar-refractivity contribution is 5.90. The molecule has 14 heteroatoms. The van der Waals surface area contributed by atoms with E-state index in [4.69, 9.17) is 16.2 Å². The molecule has 9 N–H and O–H groups in total. The van der Waals surface area contributed by atoms with Crippen LogP contribution in [0.5, 0.6) is 0 Å². The summed E-state index contributed by atoms with van der Waals surface area (Å²) in [4.78, 5) is 17.1. The molecule has 4 atom stereocenters. The predicted octanol–water partition coefficient (Wildman–Crippen LogP) is -1.13. The topological polar surface area (TPSA) is 178 Å². The number of aliphatic imine (C=N–C) groups is 1. The molecule has 1 spiro atoms. The van der Waals surface area contributed by atoms with E-state index in [-0.39, 0.29) is 35.2 Å². The number of esters is 1. The van der Waals surface area contributed by atoms with Crippen molar-refractivity contribution in [1.29, 1.82) is 0 Å². The van der Waals surface area contributed by atoms with Gasteiger partial charge in [-0.05, 0) is 29.3 Å². The van der Waals surface area contributed by atoms with E-state index in [1.807, 2.05) is 0 Å². The third kappa shape index (κ3) is 3.67. The maximum atomic E-state index is 13.4. The lowest BCUT2D eigenvalue weighted by Gasteiger charge is -2.42. The number of nitrogens with two attached hydrogens (primary N) is 2. The Morgan fingerprint density at radius 3 is 2.49 bits per heavy atom. The molecule has 0 amide bonds. The van der Waals surface area contributed by atoms with Crippen LogP contribution in [0.4, 0.5) is 13.2 Å². The summed E-state index contributed by atoms with van der Waals surface area (Å²) in [6.07, 6.45) is -6.10. The Kier molecular flexibility index (Phi) is 5.58. The molecule has 3 heterocycles. The van der Waals surface area contributed by atoms with E-state index < -0.39 is 54.0 Å². The van der Waals surface area contributed by atoms with E-state index >= 15 is 0 Å². The van der Waals surface area contributed by atoms with Crippen molar-refractivity contribution < 1.29 is 42.6 Å². The van der Waals surface area contributed by atoms with Gasteiger partial charge in [0.25, 0.3) is 5.79 Å². The second-order valence-corrected chi connectivity index (χ2v) is 9.02. The number of nitrogens with zero attached hydrogens (tertiary/aromatic N) is 2. The van der Waals surface area contributed by atoms with Crippen LogP contribution in [0, 0.1) is 0 Å². The van der Waals surface area contributed by atoms with Crippen molar-refractivity contribution in [2.24, 2.45) is 16.5 Å². The first kappa shape index (κ1) is 24.8. The summed E-state index contributed by atoms with van der Waals surface area (Å²) in [5, 5.41) is 37.7. The lowest BCUT2D eigenvalue weighted by atomic mass is 9.86. The minimum atomic E-state index is -4.56. The van der Waals surface area contributed by atoms with Gasteiger partial charge in [0.1, 0.15) is 12.6 Å². The fraction of sp³-hybridized carbons (Fsp3) is 0.348. The second-order valence-electron chi connectivity index (χ2n) is 9.02. The molecule has 196 valence electrons. The number of hydrogen-bond acceptors (Lipinski definition) is 10. The fourth-order valence-electron chi connectivity index (χ4n) is 5.21. The molecule has 0 aromatic heterocycles. The van der Waals surface area contributed by atoms with Crippen LogP contribution in [0.3, 0.4) is 0 Å². The number of carbonyl (C=O) groups is 1. The Hall–Kier alpha value is -3.88. The lowest BCUT2D eigenvalue weighted by Crippen LogP contribution is -2.78. The van der Waals surface area contributed by atoms with Crippen molar-refractivity contribution in [2.75, 3.05) is 13.2 Å². The number of carbonyl (C=O) groups excluding carboxylic acids is 1. The zero-order valence-corrected chi connectivity index (χ0v) is 19.1. The Morgan fingerprint density at radius 1 is 1.16 bits per heavy atom. The monoisotopic (exact) mass is 521 g/mol. The van der Waals surface area contributed by atoms with E-state index in [0.717, 1.165) is 6.07 Å². The smallest absolute Gasteiger partial charge is 0.417 e. The van der Waals surface area contributed by atoms with Crippen LogP contribution in [0.15, 0.2) is 53.5 Å². The highest BCUT2D eigenvalue weighted by Crippen LogP contribution is 2.42. The minimum absolute atomic E-state index is 0.0218. The van der Waals surface area contributed by atoms with Crippen LogP contribution in [0.1, 0.15) is 15.9 Å². The van der Waals surface area contributed by atoms with Gasteiger partial charge in [0.2, 0.25) is 5.66 Å². The molecule has 11 nitrogen and oxygen atoms in total. The molecule has 0 radical (unpaired) electrons. The van der Waals surface area contributed by atoms with Gasteiger partial charge in [-0.3, -0.25) is 11.1 Å². The number of halogens is 3. The fourth-order valence-corrected chi connectivity index (χ4v) is 5.21. The maximum Gasteiger partial charge on any atom is 0.417 e. The maximum absolute atomic E-state index is 13.4. The molecule has 1 fully saturated rings. The summed E-state index contributed by atoms with van der Waals surface area (Å²) in [7, 11) is 0. The Bertz CT molecular complexity index is 1310. The van der Waals surface area contributed by atoms with Crippen LogP contribution in [-0.2, 0) is 10.9 Å². The van der Waals surface area contributed by atoms with E-state index in [0.29, 0.717) is 0 Å². The van der Waals surface area contributed by atoms with Crippen LogP contribution >= 0.6 is 0 Å². The molecule has 5 rings (SSSR count). The van der Waals surface area contributed by atoms with Gasteiger partial charge in [0.05, 0.1) is 17.7 Å². The van der Waals surface area contributed by atoms with Crippen molar-refractivity contribution in [2.45, 2.75) is 35.8 Å². The van der Waals surface area contributed by atoms with E-state index in [2.05, 4.69) is 15.6 Å². The molecule has 3 aliphatic rings. The van der Waals surface area contributed by atoms with Crippen molar-refractivity contribution in [1.82, 2.24) is 10.6 Å². The Balaban J connectivity index is 1.41. The Morgan fingerprint density at radius 2 is 1.84 bits per heavy atom. The van der Waals surface area contributed by atoms with Crippen molar-refractivity contribution in [3.63, 3.8) is 0 Å². The normalized spacial score (nSPS) is 28.1. The van der Waals surface area contributed by atoms with Crippen LogP contribution in [0.2, 0.25) is 0 Å². The molecule has 0 unspecified atom stereocenters. The van der Waals surface area contributed by atoms with Gasteiger partial charge in [-0.2, -0.15) is 13.2 Å². The van der Waals surface area contributed by atoms with Crippen LogP contribution < -0.4 is 22.1 Å². The summed E-state index contributed by atoms with van der Waals surface area (Å²) in [5.41, 5.74) is 9.39. The summed E-state index contributed by atoms with van der Waals surface area (Å²) in [6, 6.07) is 8.48. The largest absolute Gasteiger partial charge is 0.449 e. The number of benzene rings is 2. The molecule has 0 bridgehead atoms. The van der Waals surface area contributed by atoms with Crippen molar-refractivity contribution >= 4 is 17.9 Å². The minimum Gasteiger partial charge on any atom is -0.449 e. The molecule has 2 aromatic rings. The molecule has 0 saturated carbocycles. The summed E-state index contributed by atoms with van der Waals surface area (Å²) < 4.78 is 46.9. The number of aliphatic hydroxyl groups is 3. The van der Waals surface area contributed by atoms with E-state index in [1.165, 1.54) is 47.0 Å². The number of nitrogens with one attached hydrogen (secondary N) is 2. The van der Waals surface area contributed by atoms with Gasteiger partial charge >= 0.3 is 18.1 Å². The van der Waals surface area contributed by atoms with E-state index in [1.54, 1.807) is 0 Å². The quantitative estimate of drug-likeness (QED) is 0.149. The third-order valence-electron chi connectivity index (χ3n) is 6.92. The van der Waals surface area contributed by atoms with Gasteiger partial charge in [-0.15, -0.1) is 0 Å². The first-order chi connectivity index (χ1) is 17.4. The standard InChI is InChI=1S/C23H23F3N6O5/c24-23(25,26)14-4-2-1-3-13(14)11-5-7-12(8-6-11)18(34)37-16-9-32-20(28)29-15(10-33)17-21(32,22(16,35)36)31-19(27)30-17/h1-8,15-17,33,35-36H,9-10H2,(H5,27,28,29,30,31)/p+1/t15-,16-,17-,21-/m0/s1. The average Bonchev–Trinajstić information content (AvgIpc) is 3.32. The molecular formula is C23H24F3N6O5+. The van der Waals surface area contributed by atoms with Crippen LogP contribution in [-0.4, -0.2) is 80.6 Å². The number of guanidine groups is 2. The van der Waals surface area contributed by atoms with Gasteiger partial charge in [0, 0.05) is 0 Å². The highest BCUT2D eigenvalue weighted by Gasteiger charge is 2.76. The van der Waals surface area contributed by atoms with Gasteiger partial charge in [-0.1, -0.05) is 30.3 Å². The van der Waals surface area contributed by atoms with Crippen molar-refractivity contribution in [3.05, 3.63) is 59.7 Å². The molecule has 37 heavy (non-hydrogen) atoms. The van der Waals surface area contributed by atoms with Gasteiger partial charge in [-0.25, -0.2) is 14.4 Å². The Labute approximate surface area is 207 Å². The molecular weight excluding hydrogens is 497 g/mol. The number of hydrogen-bond donors (Lipinski definition) is 7. The zero-order chi connectivity index (χ0) is 26.8. The average molecular weight is 521 g/mol. The van der Waals surface area contributed by atoms with Gasteiger partial charge in [0.15, 0.2) is 18.1 Å². The second kappa shape index (κ2) is 8.33.